The fourth-order valence-electron chi connectivity index (χ4n) is 1.98. The van der Waals surface area contributed by atoms with E-state index in [4.69, 9.17) is 15.0 Å². The summed E-state index contributed by atoms with van der Waals surface area (Å²) in [7, 11) is 1.64. The quantitative estimate of drug-likeness (QED) is 0.900. The highest BCUT2D eigenvalue weighted by Gasteiger charge is 2.18. The van der Waals surface area contributed by atoms with E-state index in [9.17, 15) is 0 Å². The molecule has 18 heavy (non-hydrogen) atoms. The van der Waals surface area contributed by atoms with E-state index in [1.165, 1.54) is 0 Å². The van der Waals surface area contributed by atoms with Crippen molar-refractivity contribution >= 4 is 5.88 Å². The molecule has 0 atom stereocenters. The van der Waals surface area contributed by atoms with Gasteiger partial charge in [-0.05, 0) is 24.5 Å². The summed E-state index contributed by atoms with van der Waals surface area (Å²) in [6, 6.07) is 7.73. The molecule has 4 nitrogen and oxygen atoms in total. The van der Waals surface area contributed by atoms with Gasteiger partial charge < -0.3 is 15.0 Å². The van der Waals surface area contributed by atoms with Crippen LogP contribution in [0.3, 0.4) is 0 Å². The number of methoxy groups -OCH3 is 1. The first-order chi connectivity index (χ1) is 8.63. The first kappa shape index (κ1) is 12.5. The Bertz CT molecular complexity index is 532. The standard InChI is InChI=1S/C14H18N2O2/c1-9(2)8-11-13(16-18-14(11)15)10-6-4-5-7-12(10)17-3/h4-7,9H,8,15H2,1-3H3. The highest BCUT2D eigenvalue weighted by Crippen LogP contribution is 2.34. The van der Waals surface area contributed by atoms with Gasteiger partial charge in [0.25, 0.3) is 0 Å². The maximum absolute atomic E-state index is 5.85. The first-order valence-corrected chi connectivity index (χ1v) is 6.01. The lowest BCUT2D eigenvalue weighted by Crippen LogP contribution is -1.99. The zero-order valence-electron chi connectivity index (χ0n) is 10.9. The molecular formula is C14H18N2O2. The smallest absolute Gasteiger partial charge is 0.225 e. The highest BCUT2D eigenvalue weighted by molar-refractivity contribution is 5.72. The van der Waals surface area contributed by atoms with E-state index >= 15 is 0 Å². The van der Waals surface area contributed by atoms with Crippen molar-refractivity contribution in [2.45, 2.75) is 20.3 Å². The Kier molecular flexibility index (Phi) is 3.55. The Morgan fingerprint density at radius 1 is 1.33 bits per heavy atom. The third-order valence-corrected chi connectivity index (χ3v) is 2.79. The Morgan fingerprint density at radius 3 is 2.72 bits per heavy atom. The summed E-state index contributed by atoms with van der Waals surface area (Å²) >= 11 is 0. The molecule has 0 aliphatic rings. The minimum absolute atomic E-state index is 0.393. The number of nitrogen functional groups attached to an aromatic ring is 1. The fraction of sp³-hybridized carbons (Fsp3) is 0.357. The second-order valence-electron chi connectivity index (χ2n) is 4.67. The van der Waals surface area contributed by atoms with E-state index in [0.29, 0.717) is 11.8 Å². The summed E-state index contributed by atoms with van der Waals surface area (Å²) in [6.45, 7) is 4.27. The van der Waals surface area contributed by atoms with Crippen molar-refractivity contribution in [2.75, 3.05) is 12.8 Å². The summed E-state index contributed by atoms with van der Waals surface area (Å²) < 4.78 is 10.5. The highest BCUT2D eigenvalue weighted by atomic mass is 16.5. The van der Waals surface area contributed by atoms with Crippen molar-refractivity contribution in [3.8, 4) is 17.0 Å². The zero-order chi connectivity index (χ0) is 13.1. The van der Waals surface area contributed by atoms with Gasteiger partial charge in [-0.1, -0.05) is 31.1 Å². The molecule has 0 bridgehead atoms. The molecule has 0 spiro atoms. The summed E-state index contributed by atoms with van der Waals surface area (Å²) in [5.41, 5.74) is 8.49. The maximum atomic E-state index is 5.85. The molecule has 2 N–H and O–H groups in total. The number of nitrogens with two attached hydrogens (primary N) is 1. The van der Waals surface area contributed by atoms with Crippen LogP contribution in [0.25, 0.3) is 11.3 Å². The lowest BCUT2D eigenvalue weighted by Gasteiger charge is -2.08. The van der Waals surface area contributed by atoms with Crippen LogP contribution in [0.4, 0.5) is 5.88 Å². The summed E-state index contributed by atoms with van der Waals surface area (Å²) in [5, 5.41) is 4.07. The van der Waals surface area contributed by atoms with Gasteiger partial charge in [0.1, 0.15) is 11.4 Å². The molecule has 0 saturated heterocycles. The van der Waals surface area contributed by atoms with Crippen molar-refractivity contribution in [3.05, 3.63) is 29.8 Å². The average Bonchev–Trinajstić information content (AvgIpc) is 2.70. The van der Waals surface area contributed by atoms with Gasteiger partial charge in [0, 0.05) is 11.1 Å². The Balaban J connectivity index is 2.50. The van der Waals surface area contributed by atoms with E-state index in [2.05, 4.69) is 19.0 Å². The maximum Gasteiger partial charge on any atom is 0.225 e. The SMILES string of the molecule is COc1ccccc1-c1noc(N)c1CC(C)C. The van der Waals surface area contributed by atoms with Gasteiger partial charge in [0.15, 0.2) is 0 Å². The minimum atomic E-state index is 0.393. The monoisotopic (exact) mass is 246 g/mol. The van der Waals surface area contributed by atoms with Gasteiger partial charge in [0.2, 0.25) is 5.88 Å². The topological polar surface area (TPSA) is 61.3 Å². The van der Waals surface area contributed by atoms with E-state index in [-0.39, 0.29) is 0 Å². The molecule has 0 saturated carbocycles. The Morgan fingerprint density at radius 2 is 2.06 bits per heavy atom. The van der Waals surface area contributed by atoms with Crippen LogP contribution >= 0.6 is 0 Å². The molecule has 0 aliphatic carbocycles. The number of para-hydroxylation sites is 1. The van der Waals surface area contributed by atoms with E-state index in [1.807, 2.05) is 24.3 Å². The van der Waals surface area contributed by atoms with Crippen LogP contribution in [0, 0.1) is 5.92 Å². The van der Waals surface area contributed by atoms with Gasteiger partial charge in [-0.3, -0.25) is 0 Å². The first-order valence-electron chi connectivity index (χ1n) is 6.01. The van der Waals surface area contributed by atoms with Gasteiger partial charge in [0.05, 0.1) is 7.11 Å². The molecule has 2 aromatic rings. The zero-order valence-corrected chi connectivity index (χ0v) is 10.9. The van der Waals surface area contributed by atoms with E-state index < -0.39 is 0 Å². The van der Waals surface area contributed by atoms with Crippen molar-refractivity contribution in [3.63, 3.8) is 0 Å². The lowest BCUT2D eigenvalue weighted by atomic mass is 9.99. The third-order valence-electron chi connectivity index (χ3n) is 2.79. The number of hydrogen-bond acceptors (Lipinski definition) is 4. The molecule has 1 aromatic heterocycles. The molecule has 2 rings (SSSR count). The molecular weight excluding hydrogens is 228 g/mol. The van der Waals surface area contributed by atoms with Crippen LogP contribution in [0.5, 0.6) is 5.75 Å². The van der Waals surface area contributed by atoms with Crippen molar-refractivity contribution in [1.82, 2.24) is 5.16 Å². The average molecular weight is 246 g/mol. The number of benzene rings is 1. The third kappa shape index (κ3) is 2.32. The van der Waals surface area contributed by atoms with Crippen molar-refractivity contribution in [1.29, 1.82) is 0 Å². The van der Waals surface area contributed by atoms with Gasteiger partial charge in [-0.25, -0.2) is 0 Å². The fourth-order valence-corrected chi connectivity index (χ4v) is 1.98. The Hall–Kier alpha value is -1.97. The Labute approximate surface area is 107 Å². The van der Waals surface area contributed by atoms with Crippen molar-refractivity contribution < 1.29 is 9.26 Å². The van der Waals surface area contributed by atoms with Gasteiger partial charge in [-0.15, -0.1) is 0 Å². The molecule has 1 aromatic carbocycles. The normalized spacial score (nSPS) is 10.9. The van der Waals surface area contributed by atoms with E-state index in [0.717, 1.165) is 29.0 Å². The molecule has 4 heteroatoms. The number of rotatable bonds is 4. The second kappa shape index (κ2) is 5.12. The number of nitrogens with zero attached hydrogens (tertiary/aromatic N) is 1. The number of hydrogen-bond donors (Lipinski definition) is 1. The lowest BCUT2D eigenvalue weighted by molar-refractivity contribution is 0.414. The summed E-state index contributed by atoms with van der Waals surface area (Å²) in [5.74, 6) is 1.65. The number of aromatic nitrogens is 1. The number of anilines is 1. The molecule has 0 unspecified atom stereocenters. The van der Waals surface area contributed by atoms with Crippen LogP contribution in [0.2, 0.25) is 0 Å². The largest absolute Gasteiger partial charge is 0.496 e. The van der Waals surface area contributed by atoms with Crippen LogP contribution in [-0.2, 0) is 6.42 Å². The predicted molar refractivity (Wildman–Crippen MR) is 71.4 cm³/mol. The number of ether oxygens (including phenoxy) is 1. The second-order valence-corrected chi connectivity index (χ2v) is 4.67. The summed E-state index contributed by atoms with van der Waals surface area (Å²) in [6.07, 6.45) is 0.836. The molecule has 96 valence electrons. The molecule has 1 heterocycles. The molecule has 0 fully saturated rings. The van der Waals surface area contributed by atoms with Crippen LogP contribution in [0.15, 0.2) is 28.8 Å². The van der Waals surface area contributed by atoms with Crippen LogP contribution in [-0.4, -0.2) is 12.3 Å². The predicted octanol–water partition coefficient (Wildman–Crippen LogP) is 3.13. The van der Waals surface area contributed by atoms with Gasteiger partial charge in [-0.2, -0.15) is 0 Å². The minimum Gasteiger partial charge on any atom is -0.496 e. The molecule has 0 radical (unpaired) electrons. The molecule has 0 amide bonds. The van der Waals surface area contributed by atoms with E-state index in [1.54, 1.807) is 7.11 Å². The van der Waals surface area contributed by atoms with Crippen LogP contribution in [0.1, 0.15) is 19.4 Å². The summed E-state index contributed by atoms with van der Waals surface area (Å²) in [4.78, 5) is 0. The van der Waals surface area contributed by atoms with Gasteiger partial charge >= 0.3 is 0 Å². The van der Waals surface area contributed by atoms with Crippen LogP contribution < -0.4 is 10.5 Å². The molecule has 0 aliphatic heterocycles. The van der Waals surface area contributed by atoms with Crippen molar-refractivity contribution in [2.24, 2.45) is 5.92 Å².